The second-order valence-corrected chi connectivity index (χ2v) is 5.44. The lowest BCUT2D eigenvalue weighted by atomic mass is 10.0. The lowest BCUT2D eigenvalue weighted by Crippen LogP contribution is -2.09. The molecule has 0 saturated heterocycles. The summed E-state index contributed by atoms with van der Waals surface area (Å²) in [6.45, 7) is 0.649. The summed E-state index contributed by atoms with van der Waals surface area (Å²) >= 11 is 0. The van der Waals surface area contributed by atoms with Gasteiger partial charge in [0.2, 0.25) is 0 Å². The van der Waals surface area contributed by atoms with Crippen molar-refractivity contribution in [1.82, 2.24) is 0 Å². The van der Waals surface area contributed by atoms with Crippen molar-refractivity contribution in [2.75, 3.05) is 17.6 Å². The number of hydrogen-bond donors (Lipinski definition) is 3. The van der Waals surface area contributed by atoms with Gasteiger partial charge in [-0.1, -0.05) is 25.7 Å². The van der Waals surface area contributed by atoms with Crippen LogP contribution in [0.3, 0.4) is 0 Å². The van der Waals surface area contributed by atoms with Gasteiger partial charge in [0.15, 0.2) is 0 Å². The van der Waals surface area contributed by atoms with Gasteiger partial charge in [-0.25, -0.2) is 9.18 Å². The molecule has 1 aliphatic rings. The maximum atomic E-state index is 13.7. The Hall–Kier alpha value is -1.78. The number of nitrogens with one attached hydrogen (secondary N) is 1. The molecule has 4 nitrogen and oxygen atoms in total. The van der Waals surface area contributed by atoms with Gasteiger partial charge in [0.05, 0.1) is 11.3 Å². The van der Waals surface area contributed by atoms with E-state index in [0.29, 0.717) is 6.54 Å². The Balaban J connectivity index is 1.88. The van der Waals surface area contributed by atoms with Crippen LogP contribution in [0.25, 0.3) is 0 Å². The van der Waals surface area contributed by atoms with Crippen LogP contribution in [0.4, 0.5) is 15.8 Å². The van der Waals surface area contributed by atoms with Crippen molar-refractivity contribution in [1.29, 1.82) is 0 Å². The van der Waals surface area contributed by atoms with Crippen molar-refractivity contribution in [3.63, 3.8) is 0 Å². The minimum absolute atomic E-state index is 0.0495. The fraction of sp³-hybridized carbons (Fsp3) is 0.533. The predicted molar refractivity (Wildman–Crippen MR) is 77.5 cm³/mol. The highest BCUT2D eigenvalue weighted by Crippen LogP contribution is 2.28. The molecular weight excluding hydrogens is 259 g/mol. The van der Waals surface area contributed by atoms with Crippen LogP contribution in [0.1, 0.15) is 48.9 Å². The summed E-state index contributed by atoms with van der Waals surface area (Å²) in [6, 6.07) is 2.32. The van der Waals surface area contributed by atoms with E-state index in [-0.39, 0.29) is 16.9 Å². The van der Waals surface area contributed by atoms with E-state index in [1.54, 1.807) is 0 Å². The van der Waals surface area contributed by atoms with E-state index in [9.17, 15) is 9.18 Å². The van der Waals surface area contributed by atoms with E-state index in [1.807, 2.05) is 0 Å². The maximum Gasteiger partial charge on any atom is 0.337 e. The van der Waals surface area contributed by atoms with Crippen molar-refractivity contribution in [2.24, 2.45) is 5.92 Å². The molecule has 0 bridgehead atoms. The third-order valence-electron chi connectivity index (χ3n) is 3.95. The van der Waals surface area contributed by atoms with Gasteiger partial charge in [0.1, 0.15) is 5.82 Å². The average molecular weight is 280 g/mol. The van der Waals surface area contributed by atoms with E-state index < -0.39 is 11.8 Å². The van der Waals surface area contributed by atoms with E-state index in [2.05, 4.69) is 5.32 Å². The molecule has 0 radical (unpaired) electrons. The molecule has 1 aromatic rings. The molecule has 0 spiro atoms. The number of nitrogen functional groups attached to an aromatic ring is 1. The van der Waals surface area contributed by atoms with Gasteiger partial charge < -0.3 is 16.2 Å². The molecule has 2 rings (SSSR count). The molecule has 110 valence electrons. The Morgan fingerprint density at radius 3 is 2.75 bits per heavy atom. The number of aromatic carboxylic acids is 1. The normalized spacial score (nSPS) is 15.4. The first kappa shape index (κ1) is 14.6. The highest BCUT2D eigenvalue weighted by Gasteiger charge is 2.15. The number of anilines is 2. The number of nitrogens with two attached hydrogens (primary N) is 1. The second kappa shape index (κ2) is 6.59. The average Bonchev–Trinajstić information content (AvgIpc) is 2.89. The van der Waals surface area contributed by atoms with Gasteiger partial charge in [-0.2, -0.15) is 0 Å². The molecule has 1 saturated carbocycles. The van der Waals surface area contributed by atoms with Crippen LogP contribution >= 0.6 is 0 Å². The summed E-state index contributed by atoms with van der Waals surface area (Å²) in [5, 5.41) is 11.9. The number of carboxylic acid groups (broad SMARTS) is 1. The Labute approximate surface area is 118 Å². The first-order chi connectivity index (χ1) is 9.58. The third-order valence-corrected chi connectivity index (χ3v) is 3.95. The van der Waals surface area contributed by atoms with Crippen molar-refractivity contribution < 1.29 is 14.3 Å². The summed E-state index contributed by atoms with van der Waals surface area (Å²) in [4.78, 5) is 11.0. The number of rotatable bonds is 6. The SMILES string of the molecule is Nc1cc(F)c(NCCCC2CCCC2)cc1C(=O)O. The van der Waals surface area contributed by atoms with Crippen LogP contribution in [0, 0.1) is 11.7 Å². The largest absolute Gasteiger partial charge is 0.478 e. The minimum atomic E-state index is -1.14. The lowest BCUT2D eigenvalue weighted by molar-refractivity contribution is 0.0698. The van der Waals surface area contributed by atoms with Gasteiger partial charge in [-0.05, 0) is 30.9 Å². The van der Waals surface area contributed by atoms with E-state index in [4.69, 9.17) is 10.8 Å². The molecule has 0 atom stereocenters. The zero-order valence-electron chi connectivity index (χ0n) is 11.5. The van der Waals surface area contributed by atoms with Gasteiger partial charge in [-0.15, -0.1) is 0 Å². The lowest BCUT2D eigenvalue weighted by Gasteiger charge is -2.12. The van der Waals surface area contributed by atoms with Crippen molar-refractivity contribution in [3.05, 3.63) is 23.5 Å². The fourth-order valence-corrected chi connectivity index (χ4v) is 2.82. The van der Waals surface area contributed by atoms with Crippen LogP contribution in [-0.4, -0.2) is 17.6 Å². The summed E-state index contributed by atoms with van der Waals surface area (Å²) in [7, 11) is 0. The standard InChI is InChI=1S/C15H21FN2O2/c16-12-9-13(17)11(15(19)20)8-14(12)18-7-3-6-10-4-1-2-5-10/h8-10,18H,1-7,17H2,(H,19,20). The Morgan fingerprint density at radius 2 is 2.10 bits per heavy atom. The van der Waals surface area contributed by atoms with Gasteiger partial charge in [0.25, 0.3) is 0 Å². The number of carbonyl (C=O) groups is 1. The van der Waals surface area contributed by atoms with Crippen LogP contribution in [0.2, 0.25) is 0 Å². The van der Waals surface area contributed by atoms with E-state index in [1.165, 1.54) is 31.7 Å². The molecule has 0 aliphatic heterocycles. The minimum Gasteiger partial charge on any atom is -0.478 e. The van der Waals surface area contributed by atoms with Crippen LogP contribution in [0.15, 0.2) is 12.1 Å². The molecule has 4 N–H and O–H groups in total. The van der Waals surface area contributed by atoms with E-state index >= 15 is 0 Å². The van der Waals surface area contributed by atoms with Crippen molar-refractivity contribution in [2.45, 2.75) is 38.5 Å². The molecule has 0 aromatic heterocycles. The second-order valence-electron chi connectivity index (χ2n) is 5.44. The summed E-state index contributed by atoms with van der Waals surface area (Å²) in [6.07, 6.45) is 7.38. The summed E-state index contributed by atoms with van der Waals surface area (Å²) < 4.78 is 13.7. The zero-order chi connectivity index (χ0) is 14.5. The zero-order valence-corrected chi connectivity index (χ0v) is 11.5. The van der Waals surface area contributed by atoms with Crippen molar-refractivity contribution in [3.8, 4) is 0 Å². The Bertz CT molecular complexity index is 485. The Kier molecular flexibility index (Phi) is 4.82. The summed E-state index contributed by atoms with van der Waals surface area (Å²) in [5.41, 5.74) is 5.58. The quantitative estimate of drug-likeness (QED) is 0.551. The Morgan fingerprint density at radius 1 is 1.40 bits per heavy atom. The molecule has 1 aliphatic carbocycles. The van der Waals surface area contributed by atoms with Crippen LogP contribution in [-0.2, 0) is 0 Å². The highest BCUT2D eigenvalue weighted by molar-refractivity contribution is 5.94. The third kappa shape index (κ3) is 3.62. The molecule has 1 aromatic carbocycles. The highest BCUT2D eigenvalue weighted by atomic mass is 19.1. The summed E-state index contributed by atoms with van der Waals surface area (Å²) in [5.74, 6) is -0.840. The maximum absolute atomic E-state index is 13.7. The fourth-order valence-electron chi connectivity index (χ4n) is 2.82. The smallest absolute Gasteiger partial charge is 0.337 e. The monoisotopic (exact) mass is 280 g/mol. The first-order valence-corrected chi connectivity index (χ1v) is 7.14. The molecular formula is C15H21FN2O2. The number of halogens is 1. The molecule has 5 heteroatoms. The molecule has 0 amide bonds. The van der Waals surface area contributed by atoms with Crippen molar-refractivity contribution >= 4 is 17.3 Å². The molecule has 0 unspecified atom stereocenters. The number of benzene rings is 1. The number of hydrogen-bond acceptors (Lipinski definition) is 3. The van der Waals surface area contributed by atoms with Gasteiger partial charge in [0, 0.05) is 12.2 Å². The van der Waals surface area contributed by atoms with E-state index in [0.717, 1.165) is 24.8 Å². The predicted octanol–water partition coefficient (Wildman–Crippen LogP) is 3.49. The van der Waals surface area contributed by atoms with Gasteiger partial charge in [-0.3, -0.25) is 0 Å². The molecule has 1 fully saturated rings. The first-order valence-electron chi connectivity index (χ1n) is 7.14. The number of carboxylic acids is 1. The van der Waals surface area contributed by atoms with Crippen LogP contribution < -0.4 is 11.1 Å². The molecule has 20 heavy (non-hydrogen) atoms. The topological polar surface area (TPSA) is 75.3 Å². The van der Waals surface area contributed by atoms with Gasteiger partial charge >= 0.3 is 5.97 Å². The van der Waals surface area contributed by atoms with Crippen LogP contribution in [0.5, 0.6) is 0 Å². The molecule has 0 heterocycles.